The predicted octanol–water partition coefficient (Wildman–Crippen LogP) is 4.18. The number of carbonyl (C=O) groups excluding carboxylic acids is 1. The van der Waals surface area contributed by atoms with Crippen molar-refractivity contribution in [2.45, 2.75) is 38.4 Å². The lowest BCUT2D eigenvalue weighted by Crippen LogP contribution is -2.46. The Labute approximate surface area is 209 Å². The van der Waals surface area contributed by atoms with Gasteiger partial charge in [-0.05, 0) is 74.2 Å². The van der Waals surface area contributed by atoms with Gasteiger partial charge in [0.05, 0.1) is 11.3 Å². The number of oxime groups is 1. The smallest absolute Gasteiger partial charge is 0.399 e. The highest BCUT2D eigenvalue weighted by molar-refractivity contribution is 6.02. The van der Waals surface area contributed by atoms with E-state index in [9.17, 15) is 18.0 Å². The molecule has 0 unspecified atom stereocenters. The number of aromatic nitrogens is 1. The van der Waals surface area contributed by atoms with Crippen molar-refractivity contribution in [2.24, 2.45) is 17.0 Å². The van der Waals surface area contributed by atoms with E-state index in [1.165, 1.54) is 19.2 Å². The molecule has 1 aromatic carbocycles. The molecule has 0 spiro atoms. The van der Waals surface area contributed by atoms with E-state index in [2.05, 4.69) is 15.0 Å². The summed E-state index contributed by atoms with van der Waals surface area (Å²) in [6.07, 6.45) is 0.355. The number of alkyl halides is 3. The second-order valence-corrected chi connectivity index (χ2v) is 9.47. The first kappa shape index (κ1) is 25.9. The van der Waals surface area contributed by atoms with Crippen LogP contribution in [0.5, 0.6) is 0 Å². The van der Waals surface area contributed by atoms with Gasteiger partial charge >= 0.3 is 6.18 Å². The Balaban J connectivity index is 1.29. The van der Waals surface area contributed by atoms with Gasteiger partial charge in [-0.3, -0.25) is 9.69 Å². The van der Waals surface area contributed by atoms with Crippen LogP contribution >= 0.6 is 0 Å². The van der Waals surface area contributed by atoms with Crippen molar-refractivity contribution in [1.82, 2.24) is 14.8 Å². The van der Waals surface area contributed by atoms with E-state index < -0.39 is 11.7 Å². The first-order valence-electron chi connectivity index (χ1n) is 12.2. The number of nitrogens with two attached hydrogens (primary N) is 1. The molecule has 2 fully saturated rings. The van der Waals surface area contributed by atoms with Gasteiger partial charge < -0.3 is 15.5 Å². The maximum absolute atomic E-state index is 13.2. The highest BCUT2D eigenvalue weighted by Gasteiger charge is 2.33. The standard InChI is InChI=1S/C26H32F3N5O2/c1-36-32-24(19-2-4-22(5-3-19)26(27,28)29)20-9-14-34(15-10-20)25(35)21-7-12-33(13-8-21)17-18-6-11-31-23(30)16-18/h2-6,11,16,20-21H,7-10,12-15,17H2,1H3,(H2,30,31)/b32-24-. The fourth-order valence-electron chi connectivity index (χ4n) is 5.11. The molecule has 0 bridgehead atoms. The molecule has 194 valence electrons. The van der Waals surface area contributed by atoms with Crippen LogP contribution in [0.1, 0.15) is 42.4 Å². The Morgan fingerprint density at radius 1 is 1.06 bits per heavy atom. The maximum atomic E-state index is 13.2. The molecule has 2 N–H and O–H groups in total. The molecule has 1 amide bonds. The first-order chi connectivity index (χ1) is 17.2. The van der Waals surface area contributed by atoms with E-state index >= 15 is 0 Å². The SMILES string of the molecule is CO/N=C(/c1ccc(C(F)(F)F)cc1)C1CCN(C(=O)C2CCN(Cc3ccnc(N)c3)CC2)CC1. The molecular weight excluding hydrogens is 471 g/mol. The third kappa shape index (κ3) is 6.34. The van der Waals surface area contributed by atoms with Crippen LogP contribution in [0, 0.1) is 11.8 Å². The summed E-state index contributed by atoms with van der Waals surface area (Å²) in [5.41, 5.74) is 7.44. The molecule has 7 nitrogen and oxygen atoms in total. The van der Waals surface area contributed by atoms with Crippen LogP contribution in [0.15, 0.2) is 47.8 Å². The minimum Gasteiger partial charge on any atom is -0.399 e. The lowest BCUT2D eigenvalue weighted by molar-refractivity contribution is -0.138. The normalized spacial score (nSPS) is 18.9. The van der Waals surface area contributed by atoms with Gasteiger partial charge in [0.15, 0.2) is 0 Å². The molecule has 10 heteroatoms. The summed E-state index contributed by atoms with van der Waals surface area (Å²) in [7, 11) is 1.43. The number of amides is 1. The lowest BCUT2D eigenvalue weighted by atomic mass is 9.86. The number of halogens is 3. The second-order valence-electron chi connectivity index (χ2n) is 9.47. The monoisotopic (exact) mass is 503 g/mol. The molecule has 1 aromatic heterocycles. The molecule has 2 saturated heterocycles. The summed E-state index contributed by atoms with van der Waals surface area (Å²) in [6.45, 7) is 3.71. The number of benzene rings is 1. The Kier molecular flexibility index (Phi) is 8.13. The van der Waals surface area contributed by atoms with E-state index in [1.807, 2.05) is 17.0 Å². The number of rotatable bonds is 6. The number of nitrogen functional groups attached to an aromatic ring is 1. The van der Waals surface area contributed by atoms with Crippen LogP contribution in [-0.2, 0) is 22.4 Å². The lowest BCUT2D eigenvalue weighted by Gasteiger charge is -2.37. The third-order valence-electron chi connectivity index (χ3n) is 7.08. The van der Waals surface area contributed by atoms with Crippen molar-refractivity contribution in [1.29, 1.82) is 0 Å². The Morgan fingerprint density at radius 3 is 2.28 bits per heavy atom. The highest BCUT2D eigenvalue weighted by atomic mass is 19.4. The summed E-state index contributed by atoms with van der Waals surface area (Å²) in [5.74, 6) is 0.738. The minimum absolute atomic E-state index is 0.0142. The summed E-state index contributed by atoms with van der Waals surface area (Å²) in [6, 6.07) is 8.85. The Hall–Kier alpha value is -3.14. The van der Waals surface area contributed by atoms with Crippen molar-refractivity contribution >= 4 is 17.4 Å². The van der Waals surface area contributed by atoms with Gasteiger partial charge in [-0.1, -0.05) is 17.3 Å². The number of nitrogens with zero attached hydrogens (tertiary/aromatic N) is 4. The molecule has 2 aromatic rings. The fraction of sp³-hybridized carbons (Fsp3) is 0.500. The van der Waals surface area contributed by atoms with Crippen molar-refractivity contribution in [2.75, 3.05) is 39.0 Å². The molecule has 4 rings (SSSR count). The van der Waals surface area contributed by atoms with Crippen molar-refractivity contribution < 1.29 is 22.8 Å². The van der Waals surface area contributed by atoms with Gasteiger partial charge in [0, 0.05) is 37.7 Å². The van der Waals surface area contributed by atoms with Crippen LogP contribution in [0.4, 0.5) is 19.0 Å². The molecule has 36 heavy (non-hydrogen) atoms. The summed E-state index contributed by atoms with van der Waals surface area (Å²) < 4.78 is 38.8. The zero-order valence-electron chi connectivity index (χ0n) is 20.4. The van der Waals surface area contributed by atoms with E-state index in [4.69, 9.17) is 10.6 Å². The number of hydrogen-bond donors (Lipinski definition) is 1. The van der Waals surface area contributed by atoms with Crippen LogP contribution in [0.2, 0.25) is 0 Å². The van der Waals surface area contributed by atoms with Gasteiger partial charge in [0.25, 0.3) is 0 Å². The average molecular weight is 504 g/mol. The number of piperidine rings is 2. The van der Waals surface area contributed by atoms with Crippen LogP contribution in [-0.4, -0.2) is 59.7 Å². The third-order valence-corrected chi connectivity index (χ3v) is 7.08. The van der Waals surface area contributed by atoms with E-state index in [1.54, 1.807) is 6.20 Å². The zero-order chi connectivity index (χ0) is 25.7. The molecule has 2 aliphatic heterocycles. The first-order valence-corrected chi connectivity index (χ1v) is 12.2. The molecule has 0 atom stereocenters. The number of likely N-dealkylation sites (tertiary alicyclic amines) is 2. The second kappa shape index (κ2) is 11.3. The maximum Gasteiger partial charge on any atom is 0.416 e. The predicted molar refractivity (Wildman–Crippen MR) is 131 cm³/mol. The van der Waals surface area contributed by atoms with Crippen LogP contribution in [0.3, 0.4) is 0 Å². The van der Waals surface area contributed by atoms with Gasteiger partial charge in [-0.2, -0.15) is 13.2 Å². The van der Waals surface area contributed by atoms with Crippen molar-refractivity contribution in [3.05, 3.63) is 59.3 Å². The molecule has 3 heterocycles. The largest absolute Gasteiger partial charge is 0.416 e. The van der Waals surface area contributed by atoms with Gasteiger partial charge in [-0.25, -0.2) is 4.98 Å². The Bertz CT molecular complexity index is 1060. The molecule has 0 saturated carbocycles. The molecule has 0 radical (unpaired) electrons. The fourth-order valence-corrected chi connectivity index (χ4v) is 5.11. The molecule has 0 aliphatic carbocycles. The highest BCUT2D eigenvalue weighted by Crippen LogP contribution is 2.31. The van der Waals surface area contributed by atoms with Crippen molar-refractivity contribution in [3.8, 4) is 0 Å². The van der Waals surface area contributed by atoms with Gasteiger partial charge in [0.2, 0.25) is 5.91 Å². The summed E-state index contributed by atoms with van der Waals surface area (Å²) in [4.78, 5) is 26.5. The molecule has 2 aliphatic rings. The van der Waals surface area contributed by atoms with Crippen molar-refractivity contribution in [3.63, 3.8) is 0 Å². The topological polar surface area (TPSA) is 84.0 Å². The average Bonchev–Trinajstić information content (AvgIpc) is 2.87. The number of carbonyl (C=O) groups is 1. The number of anilines is 1. The zero-order valence-corrected chi connectivity index (χ0v) is 20.4. The van der Waals surface area contributed by atoms with Gasteiger partial charge in [0.1, 0.15) is 12.9 Å². The summed E-state index contributed by atoms with van der Waals surface area (Å²) >= 11 is 0. The van der Waals surface area contributed by atoms with Gasteiger partial charge in [-0.15, -0.1) is 0 Å². The van der Waals surface area contributed by atoms with E-state index in [0.717, 1.165) is 50.2 Å². The summed E-state index contributed by atoms with van der Waals surface area (Å²) in [5, 5.41) is 4.13. The Morgan fingerprint density at radius 2 is 1.69 bits per heavy atom. The quantitative estimate of drug-likeness (QED) is 0.472. The van der Waals surface area contributed by atoms with Crippen LogP contribution < -0.4 is 5.73 Å². The van der Waals surface area contributed by atoms with Crippen LogP contribution in [0.25, 0.3) is 0 Å². The molecular formula is C26H32F3N5O2. The minimum atomic E-state index is -4.38. The number of pyridine rings is 1. The van der Waals surface area contributed by atoms with E-state index in [-0.39, 0.29) is 17.7 Å². The number of hydrogen-bond acceptors (Lipinski definition) is 6. The van der Waals surface area contributed by atoms with E-state index in [0.29, 0.717) is 43.0 Å².